The molecular formula is C14H21NO2. The molecule has 1 aromatic rings. The van der Waals surface area contributed by atoms with Crippen molar-refractivity contribution in [2.45, 2.75) is 38.6 Å². The second-order valence-corrected chi connectivity index (χ2v) is 4.25. The fourth-order valence-electron chi connectivity index (χ4n) is 1.74. The van der Waals surface area contributed by atoms with Gasteiger partial charge in [-0.3, -0.25) is 4.79 Å². The van der Waals surface area contributed by atoms with Crippen molar-refractivity contribution >= 4 is 5.97 Å². The van der Waals surface area contributed by atoms with Gasteiger partial charge in [0, 0.05) is 0 Å². The molecule has 1 aromatic carbocycles. The van der Waals surface area contributed by atoms with Crippen LogP contribution in [0.1, 0.15) is 38.2 Å². The van der Waals surface area contributed by atoms with Crippen LogP contribution in [0.2, 0.25) is 0 Å². The van der Waals surface area contributed by atoms with E-state index in [1.165, 1.54) is 5.56 Å². The van der Waals surface area contributed by atoms with Gasteiger partial charge in [0.1, 0.15) is 6.04 Å². The summed E-state index contributed by atoms with van der Waals surface area (Å²) in [5, 5.41) is 0. The van der Waals surface area contributed by atoms with Crippen molar-refractivity contribution in [3.05, 3.63) is 35.9 Å². The van der Waals surface area contributed by atoms with Gasteiger partial charge in [0.15, 0.2) is 0 Å². The molecule has 2 unspecified atom stereocenters. The average Bonchev–Trinajstić information content (AvgIpc) is 2.36. The van der Waals surface area contributed by atoms with Crippen molar-refractivity contribution in [3.63, 3.8) is 0 Å². The Morgan fingerprint density at radius 1 is 1.29 bits per heavy atom. The fourth-order valence-corrected chi connectivity index (χ4v) is 1.74. The number of esters is 1. The van der Waals surface area contributed by atoms with E-state index in [9.17, 15) is 4.79 Å². The van der Waals surface area contributed by atoms with E-state index in [4.69, 9.17) is 10.5 Å². The quantitative estimate of drug-likeness (QED) is 0.771. The minimum atomic E-state index is -0.499. The highest BCUT2D eigenvalue weighted by molar-refractivity contribution is 5.75. The molecule has 94 valence electrons. The van der Waals surface area contributed by atoms with E-state index >= 15 is 0 Å². The summed E-state index contributed by atoms with van der Waals surface area (Å²) < 4.78 is 4.88. The number of rotatable bonds is 6. The van der Waals surface area contributed by atoms with Gasteiger partial charge in [0.2, 0.25) is 0 Å². The SMILES string of the molecule is CCOC(=O)C(N)CCC(C)c1ccccc1. The van der Waals surface area contributed by atoms with Crippen LogP contribution in [0, 0.1) is 0 Å². The lowest BCUT2D eigenvalue weighted by Gasteiger charge is -2.15. The number of nitrogens with two attached hydrogens (primary N) is 1. The summed E-state index contributed by atoms with van der Waals surface area (Å²) in [5.74, 6) is 0.115. The van der Waals surface area contributed by atoms with Gasteiger partial charge in [-0.1, -0.05) is 37.3 Å². The first-order valence-corrected chi connectivity index (χ1v) is 6.12. The zero-order valence-electron chi connectivity index (χ0n) is 10.6. The van der Waals surface area contributed by atoms with Crippen LogP contribution in [0.4, 0.5) is 0 Å². The molecule has 0 saturated carbocycles. The van der Waals surface area contributed by atoms with E-state index < -0.39 is 6.04 Å². The van der Waals surface area contributed by atoms with Gasteiger partial charge in [0.05, 0.1) is 6.61 Å². The summed E-state index contributed by atoms with van der Waals surface area (Å²) >= 11 is 0. The van der Waals surface area contributed by atoms with Crippen molar-refractivity contribution in [2.24, 2.45) is 5.73 Å². The first-order chi connectivity index (χ1) is 8.15. The molecule has 0 amide bonds. The monoisotopic (exact) mass is 235 g/mol. The minimum absolute atomic E-state index is 0.298. The maximum atomic E-state index is 11.3. The summed E-state index contributed by atoms with van der Waals surface area (Å²) in [6.45, 7) is 4.32. The van der Waals surface area contributed by atoms with Gasteiger partial charge in [-0.25, -0.2) is 0 Å². The highest BCUT2D eigenvalue weighted by atomic mass is 16.5. The van der Waals surface area contributed by atoms with E-state index in [1.807, 2.05) is 18.2 Å². The van der Waals surface area contributed by atoms with Crippen molar-refractivity contribution in [3.8, 4) is 0 Å². The molecule has 0 radical (unpaired) electrons. The summed E-state index contributed by atoms with van der Waals surface area (Å²) in [6, 6.07) is 9.75. The minimum Gasteiger partial charge on any atom is -0.465 e. The normalized spacial score (nSPS) is 14.1. The Kier molecular flexibility index (Phi) is 5.70. The molecule has 3 heteroatoms. The molecule has 0 heterocycles. The van der Waals surface area contributed by atoms with Crippen molar-refractivity contribution in [1.82, 2.24) is 0 Å². The van der Waals surface area contributed by atoms with Crippen molar-refractivity contribution < 1.29 is 9.53 Å². The van der Waals surface area contributed by atoms with Gasteiger partial charge in [-0.15, -0.1) is 0 Å². The molecule has 3 nitrogen and oxygen atoms in total. The topological polar surface area (TPSA) is 52.3 Å². The molecular weight excluding hydrogens is 214 g/mol. The molecule has 0 fully saturated rings. The van der Waals surface area contributed by atoms with E-state index in [0.717, 1.165) is 6.42 Å². The zero-order valence-corrected chi connectivity index (χ0v) is 10.6. The molecule has 2 atom stereocenters. The maximum absolute atomic E-state index is 11.3. The number of hydrogen-bond donors (Lipinski definition) is 1. The average molecular weight is 235 g/mol. The van der Waals surface area contributed by atoms with Crippen LogP contribution in [0.15, 0.2) is 30.3 Å². The van der Waals surface area contributed by atoms with Gasteiger partial charge in [-0.2, -0.15) is 0 Å². The lowest BCUT2D eigenvalue weighted by Crippen LogP contribution is -2.32. The third-order valence-corrected chi connectivity index (χ3v) is 2.87. The highest BCUT2D eigenvalue weighted by Gasteiger charge is 2.16. The Morgan fingerprint density at radius 3 is 2.53 bits per heavy atom. The number of ether oxygens (including phenoxy) is 1. The first-order valence-electron chi connectivity index (χ1n) is 6.12. The Bertz CT molecular complexity index is 337. The lowest BCUT2D eigenvalue weighted by atomic mass is 9.94. The zero-order chi connectivity index (χ0) is 12.7. The molecule has 0 aliphatic rings. The Hall–Kier alpha value is -1.35. The predicted molar refractivity (Wildman–Crippen MR) is 68.7 cm³/mol. The highest BCUT2D eigenvalue weighted by Crippen LogP contribution is 2.20. The largest absolute Gasteiger partial charge is 0.465 e. The molecule has 0 bridgehead atoms. The third kappa shape index (κ3) is 4.57. The first kappa shape index (κ1) is 13.7. The van der Waals surface area contributed by atoms with Crippen LogP contribution in [0.5, 0.6) is 0 Å². The van der Waals surface area contributed by atoms with Crippen molar-refractivity contribution in [1.29, 1.82) is 0 Å². The Labute approximate surface area is 103 Å². The lowest BCUT2D eigenvalue weighted by molar-refractivity contribution is -0.144. The van der Waals surface area contributed by atoms with Crippen molar-refractivity contribution in [2.75, 3.05) is 6.61 Å². The standard InChI is InChI=1S/C14H21NO2/c1-3-17-14(16)13(15)10-9-11(2)12-7-5-4-6-8-12/h4-8,11,13H,3,9-10,15H2,1-2H3. The molecule has 1 rings (SSSR count). The fraction of sp³-hybridized carbons (Fsp3) is 0.500. The van der Waals surface area contributed by atoms with E-state index in [-0.39, 0.29) is 5.97 Å². The van der Waals surface area contributed by atoms with Crippen LogP contribution in [0.3, 0.4) is 0 Å². The summed E-state index contributed by atoms with van der Waals surface area (Å²) in [4.78, 5) is 11.3. The predicted octanol–water partition coefficient (Wildman–Crippen LogP) is 2.46. The Balaban J connectivity index is 2.38. The molecule has 0 aliphatic heterocycles. The maximum Gasteiger partial charge on any atom is 0.322 e. The Morgan fingerprint density at radius 2 is 1.94 bits per heavy atom. The molecule has 0 aliphatic carbocycles. The van der Waals surface area contributed by atoms with Gasteiger partial charge < -0.3 is 10.5 Å². The van der Waals surface area contributed by atoms with Gasteiger partial charge >= 0.3 is 5.97 Å². The van der Waals surface area contributed by atoms with Gasteiger partial charge in [0.25, 0.3) is 0 Å². The molecule has 0 aromatic heterocycles. The van der Waals surface area contributed by atoms with E-state index in [2.05, 4.69) is 19.1 Å². The van der Waals surface area contributed by atoms with Crippen LogP contribution in [-0.2, 0) is 9.53 Å². The summed E-state index contributed by atoms with van der Waals surface area (Å²) in [6.07, 6.45) is 1.55. The van der Waals surface area contributed by atoms with Crippen LogP contribution in [-0.4, -0.2) is 18.6 Å². The molecule has 0 saturated heterocycles. The van der Waals surface area contributed by atoms with E-state index in [0.29, 0.717) is 18.9 Å². The summed E-state index contributed by atoms with van der Waals surface area (Å²) in [5.41, 5.74) is 7.04. The van der Waals surface area contributed by atoms with Crippen LogP contribution in [0.25, 0.3) is 0 Å². The van der Waals surface area contributed by atoms with E-state index in [1.54, 1.807) is 6.92 Å². The third-order valence-electron chi connectivity index (χ3n) is 2.87. The van der Waals surface area contributed by atoms with Crippen LogP contribution >= 0.6 is 0 Å². The smallest absolute Gasteiger partial charge is 0.322 e. The number of carbonyl (C=O) groups is 1. The molecule has 0 spiro atoms. The molecule has 17 heavy (non-hydrogen) atoms. The summed E-state index contributed by atoms with van der Waals surface area (Å²) in [7, 11) is 0. The molecule has 2 N–H and O–H groups in total. The second-order valence-electron chi connectivity index (χ2n) is 4.25. The number of benzene rings is 1. The number of carbonyl (C=O) groups excluding carboxylic acids is 1. The second kappa shape index (κ2) is 7.07. The number of hydrogen-bond acceptors (Lipinski definition) is 3. The van der Waals surface area contributed by atoms with Crippen LogP contribution < -0.4 is 5.73 Å². The van der Waals surface area contributed by atoms with Gasteiger partial charge in [-0.05, 0) is 31.2 Å².